The van der Waals surface area contributed by atoms with Crippen molar-refractivity contribution in [1.29, 1.82) is 0 Å². The molecule has 0 aliphatic carbocycles. The highest BCUT2D eigenvalue weighted by Crippen LogP contribution is 2.45. The van der Waals surface area contributed by atoms with Crippen LogP contribution in [0.1, 0.15) is 186 Å². The Hall–Kier alpha value is -11.8. The van der Waals surface area contributed by atoms with Crippen molar-refractivity contribution in [2.24, 2.45) is 0 Å². The zero-order valence-electron chi connectivity index (χ0n) is 77.5. The molecule has 0 saturated heterocycles. The number of aromatic nitrogens is 9. The first kappa shape index (κ1) is 102. The number of ether oxygens (including phenoxy) is 5. The first-order valence-corrected chi connectivity index (χ1v) is 43.2. The number of hydrogen-bond acceptors (Lipinski definition) is 21. The van der Waals surface area contributed by atoms with E-state index >= 15 is 0 Å². The number of alkyl halides is 6. The Morgan fingerprint density at radius 2 is 0.823 bits per heavy atom. The number of fused-ring (bicyclic) bond motifs is 9. The summed E-state index contributed by atoms with van der Waals surface area (Å²) in [6.45, 7) is 32.7. The van der Waals surface area contributed by atoms with Crippen molar-refractivity contribution in [1.82, 2.24) is 60.1 Å². The molecule has 700 valence electrons. The van der Waals surface area contributed by atoms with E-state index in [4.69, 9.17) is 62.9 Å². The maximum Gasteiger partial charge on any atom is 0.490 e. The highest BCUT2D eigenvalue weighted by Gasteiger charge is 2.40. The number of methoxy groups -OCH3 is 3. The Morgan fingerprint density at radius 3 is 1.12 bits per heavy atom. The Morgan fingerprint density at radius 1 is 0.492 bits per heavy atom. The molecule has 6 aliphatic heterocycles. The molecule has 0 bridgehead atoms. The van der Waals surface area contributed by atoms with Crippen molar-refractivity contribution in [2.45, 2.75) is 215 Å². The van der Waals surface area contributed by atoms with Gasteiger partial charge >= 0.3 is 36.5 Å². The zero-order chi connectivity index (χ0) is 96.7. The van der Waals surface area contributed by atoms with E-state index in [2.05, 4.69) is 141 Å². The number of anilines is 3. The molecule has 3 aromatic heterocycles. The first-order chi connectivity index (χ1) is 61.6. The van der Waals surface area contributed by atoms with Crippen LogP contribution < -0.4 is 35.5 Å². The fourth-order valence-electron chi connectivity index (χ4n) is 14.3. The monoisotopic (exact) mass is 1870 g/mol. The lowest BCUT2D eigenvalue weighted by Crippen LogP contribution is -2.44. The van der Waals surface area contributed by atoms with E-state index in [1.807, 2.05) is 149 Å². The van der Waals surface area contributed by atoms with Gasteiger partial charge in [0.15, 0.2) is 0 Å². The molecular formula is C94H119BBrF6N15O13. The molecule has 0 fully saturated rings. The number of aliphatic hydroxyl groups is 2. The molecule has 0 spiro atoms. The van der Waals surface area contributed by atoms with E-state index in [-0.39, 0.29) is 30.3 Å². The van der Waals surface area contributed by atoms with Crippen LogP contribution in [0.5, 0.6) is 17.2 Å². The predicted octanol–water partition coefficient (Wildman–Crippen LogP) is 19.1. The lowest BCUT2D eigenvalue weighted by atomic mass is 9.90. The molecule has 8 N–H and O–H groups in total. The molecule has 6 aliphatic rings. The number of rotatable bonds is 12. The summed E-state index contributed by atoms with van der Waals surface area (Å²) in [6, 6.07) is 44.4. The summed E-state index contributed by atoms with van der Waals surface area (Å²) in [5, 5.41) is 73.1. The average molecular weight is 1870 g/mol. The number of carboxylic acids is 2. The molecule has 130 heavy (non-hydrogen) atoms. The predicted molar refractivity (Wildman–Crippen MR) is 494 cm³/mol. The molecule has 3 unspecified atom stereocenters. The van der Waals surface area contributed by atoms with Gasteiger partial charge in [0.25, 0.3) is 0 Å². The third-order valence-corrected chi connectivity index (χ3v) is 22.0. The van der Waals surface area contributed by atoms with E-state index in [0.717, 1.165) is 155 Å². The molecule has 9 aromatic rings. The van der Waals surface area contributed by atoms with Gasteiger partial charge in [-0.2, -0.15) is 26.3 Å². The van der Waals surface area contributed by atoms with Gasteiger partial charge in [0.1, 0.15) is 36.3 Å². The van der Waals surface area contributed by atoms with Gasteiger partial charge in [-0.1, -0.05) is 130 Å². The summed E-state index contributed by atoms with van der Waals surface area (Å²) in [4.78, 5) is 45.3. The summed E-state index contributed by atoms with van der Waals surface area (Å²) in [5.74, 6) is -2.99. The van der Waals surface area contributed by atoms with Crippen LogP contribution in [-0.2, 0) is 38.7 Å². The number of para-hydroxylation sites is 6. The van der Waals surface area contributed by atoms with Crippen LogP contribution in [0.4, 0.5) is 53.0 Å². The third kappa shape index (κ3) is 28.9. The van der Waals surface area contributed by atoms with E-state index < -0.39 is 46.7 Å². The summed E-state index contributed by atoms with van der Waals surface area (Å²) in [6.07, 6.45) is 0.879. The number of hydrogen-bond donors (Lipinski definition) is 8. The number of carbonyl (C=O) groups excluding carboxylic acids is 2. The molecule has 0 saturated carbocycles. The first-order valence-electron chi connectivity index (χ1n) is 43.1. The van der Waals surface area contributed by atoms with Crippen LogP contribution in [0.15, 0.2) is 156 Å². The minimum Gasteiger partial charge on any atom is -0.495 e. The second-order valence-electron chi connectivity index (χ2n) is 33.9. The molecule has 15 rings (SSSR count). The minimum atomic E-state index is -5.08. The van der Waals surface area contributed by atoms with Gasteiger partial charge in [0.05, 0.1) is 102 Å². The second-order valence-corrected chi connectivity index (χ2v) is 34.8. The summed E-state index contributed by atoms with van der Waals surface area (Å²) in [7, 11) is 10.7. The number of benzene rings is 6. The average Bonchev–Trinajstić information content (AvgIpc) is 1.65. The van der Waals surface area contributed by atoms with Crippen LogP contribution in [0, 0.1) is 20.8 Å². The normalized spacial score (nSPS) is 16.3. The third-order valence-electron chi connectivity index (χ3n) is 21.5. The summed E-state index contributed by atoms with van der Waals surface area (Å²) >= 11 is 3.62. The van der Waals surface area contributed by atoms with Crippen molar-refractivity contribution in [3.63, 3.8) is 0 Å². The maximum atomic E-state index is 12.5. The van der Waals surface area contributed by atoms with E-state index in [1.165, 1.54) is 50.1 Å². The van der Waals surface area contributed by atoms with E-state index in [0.29, 0.717) is 33.1 Å². The lowest BCUT2D eigenvalue weighted by Gasteiger charge is -2.31. The van der Waals surface area contributed by atoms with Gasteiger partial charge in [0.2, 0.25) is 0 Å². The Kier molecular flexibility index (Phi) is 35.8. The van der Waals surface area contributed by atoms with Gasteiger partial charge in [0, 0.05) is 74.9 Å². The molecule has 2 radical (unpaired) electrons. The van der Waals surface area contributed by atoms with Crippen LogP contribution in [0.25, 0.3) is 44.9 Å². The van der Waals surface area contributed by atoms with Gasteiger partial charge in [-0.15, -0.1) is 20.8 Å². The van der Waals surface area contributed by atoms with Gasteiger partial charge in [-0.3, -0.25) is 0 Å². The van der Waals surface area contributed by atoms with E-state index in [9.17, 15) is 35.9 Å². The Labute approximate surface area is 766 Å². The van der Waals surface area contributed by atoms with Gasteiger partial charge in [-0.25, -0.2) is 33.2 Å². The standard InChI is InChI=1S/C29H35N5O3.C24H27N5O.C19H19BrN4O.C10H16BNO2.C6H14O2.2C2HF3O2.C2H6/c1-19-27-22-11-10-21(20-12-15-33(16-13-20)28(35)37-29(2,3)4)18-23(22)24(14-17-34(27)32-31-19)30-25-8-6-7-9-26(25)36-5;1-16-24-19-8-7-18(17-9-12-25-13-10-17)15-20(19)21(11-14-29(24)28-27-16)26-22-5-3-4-6-23(22)30-2;1-12-19-14-8-7-13(20)11-15(14)16(9-10-24(19)23-22-12)21-17-5-3-4-6-18(17)25-2;1-10(2,3)14-9(13)12-6-4-8(11)5-7-12;1-5(2,7)6(3,4)8;2*3-2(4,5)1(6)7;1-2/h6-12,18,24,30H,13-17H2,1-5H3;3-9,15,21,25-26H,10-14H2,1-2H3;3-8,11,16,21H,9-10H2,1-2H3;4H,5-7H2,1-3H3;7-8H,1-4H3;2*(H,6,7);1-2H3/i;;;;;;;1D. The SMILES string of the molecule is CC(C)(O)C(C)(C)O.COc1ccccc1NC1CCn2nnc(C)c2-c2ccc(Br)cc21.COc1ccccc1NC1CCn2nnc(C)c2-c2ccc(C3=CCN(C(=O)OC(C)(C)C)CC3)cc21.COc1ccccc1NC1CCn2nnc(C)c2-c2ccc(C3=CCNCC3)cc21.O=C(O)C(F)(F)F.O=C(O)C(F)(F)F.[2H]CC.[B]C1=CCN(C(=O)OC(C)(C)C)CC1. The quantitative estimate of drug-likeness (QED) is 0.0416. The lowest BCUT2D eigenvalue weighted by molar-refractivity contribution is -0.193. The smallest absolute Gasteiger partial charge is 0.490 e. The topological polar surface area (TPSA) is 342 Å². The Balaban J connectivity index is 0.000000203. The number of aryl methyl sites for hydroxylation is 6. The highest BCUT2D eigenvalue weighted by molar-refractivity contribution is 9.10. The van der Waals surface area contributed by atoms with Gasteiger partial charge < -0.3 is 75.2 Å². The van der Waals surface area contributed by atoms with Crippen molar-refractivity contribution in [2.75, 3.05) is 76.5 Å². The molecule has 9 heterocycles. The highest BCUT2D eigenvalue weighted by atomic mass is 79.9. The zero-order valence-corrected chi connectivity index (χ0v) is 78.1. The van der Waals surface area contributed by atoms with E-state index in [1.54, 1.807) is 65.7 Å². The summed E-state index contributed by atoms with van der Waals surface area (Å²) in [5.41, 5.74) is 19.5. The summed E-state index contributed by atoms with van der Waals surface area (Å²) < 4.78 is 104. The van der Waals surface area contributed by atoms with Crippen LogP contribution >= 0.6 is 15.9 Å². The fraction of sp³-hybridized carbons (Fsp3) is 0.447. The van der Waals surface area contributed by atoms with Gasteiger partial charge in [-0.05, 0) is 235 Å². The number of amides is 2. The number of nitrogens with one attached hydrogen (secondary N) is 4. The van der Waals surface area contributed by atoms with Crippen LogP contribution in [0.3, 0.4) is 0 Å². The van der Waals surface area contributed by atoms with Crippen molar-refractivity contribution < 1.29 is 91.0 Å². The number of carbonyl (C=O) groups is 4. The number of aliphatic carboxylic acids is 2. The van der Waals surface area contributed by atoms with Crippen molar-refractivity contribution >= 4 is 76.1 Å². The fourth-order valence-corrected chi connectivity index (χ4v) is 14.6. The van der Waals surface area contributed by atoms with Crippen molar-refractivity contribution in [3.8, 4) is 51.0 Å². The number of halogens is 7. The number of carboxylic acid groups (broad SMARTS) is 2. The molecule has 2 amide bonds. The van der Waals surface area contributed by atoms with Crippen molar-refractivity contribution in [3.05, 3.63) is 200 Å². The van der Waals surface area contributed by atoms with Crippen LogP contribution in [0.2, 0.25) is 0 Å². The second kappa shape index (κ2) is 45.7. The maximum absolute atomic E-state index is 12.5. The Bertz CT molecular complexity index is 5430. The number of nitrogens with zero attached hydrogens (tertiary/aromatic N) is 11. The molecular weight excluding hydrogens is 1750 g/mol. The molecule has 6 aromatic carbocycles. The molecule has 28 nitrogen and oxygen atoms in total. The minimum absolute atomic E-state index is 0.0646. The van der Waals surface area contributed by atoms with Crippen LogP contribution in [-0.4, -0.2) is 203 Å². The molecule has 3 atom stereocenters. The molecule has 36 heteroatoms. The largest absolute Gasteiger partial charge is 0.495 e.